The van der Waals surface area contributed by atoms with E-state index in [1.165, 1.54) is 13.2 Å². The Bertz CT molecular complexity index is 2680. The van der Waals surface area contributed by atoms with E-state index in [0.717, 1.165) is 38.8 Å². The summed E-state index contributed by atoms with van der Waals surface area (Å²) in [6.07, 6.45) is 7.80. The molecule has 0 spiro atoms. The second kappa shape index (κ2) is 18.7. The largest absolute Gasteiger partial charge is 0.494 e. The number of methoxy groups -OCH3 is 1. The summed E-state index contributed by atoms with van der Waals surface area (Å²) in [4.78, 5) is 61.8. The number of amides is 4. The number of carbonyl (C=O) groups excluding carboxylic acids is 4. The molecule has 0 atom stereocenters. The van der Waals surface area contributed by atoms with Crippen LogP contribution in [0.15, 0.2) is 48.6 Å². The molecule has 1 aliphatic rings. The third kappa shape index (κ3) is 9.16. The second-order valence-corrected chi connectivity index (χ2v) is 15.2. The summed E-state index contributed by atoms with van der Waals surface area (Å²) in [6, 6.07) is 9.67. The first-order valence-electron chi connectivity index (χ1n) is 20.8. The van der Waals surface area contributed by atoms with Gasteiger partial charge in [-0.3, -0.25) is 39.2 Å². The molecule has 326 valence electrons. The van der Waals surface area contributed by atoms with Crippen molar-refractivity contribution in [3.05, 3.63) is 82.5 Å². The highest BCUT2D eigenvalue weighted by Gasteiger charge is 2.24. The molecule has 0 aliphatic carbocycles. The van der Waals surface area contributed by atoms with Crippen LogP contribution in [-0.2, 0) is 26.2 Å². The quantitative estimate of drug-likeness (QED) is 0.0593. The maximum absolute atomic E-state index is 13.8. The molecule has 19 heteroatoms. The molecule has 0 bridgehead atoms. The molecule has 4 aromatic heterocycles. The Balaban J connectivity index is 1.25. The molecule has 1 fully saturated rings. The van der Waals surface area contributed by atoms with Crippen LogP contribution in [0.2, 0.25) is 0 Å². The van der Waals surface area contributed by atoms with Crippen LogP contribution in [0.4, 0.5) is 11.9 Å². The minimum Gasteiger partial charge on any atom is -0.494 e. The number of rotatable bonds is 18. The molecule has 2 aromatic carbocycles. The smallest absolute Gasteiger partial charge is 0.276 e. The van der Waals surface area contributed by atoms with E-state index in [9.17, 15) is 19.2 Å². The number of allylic oxidation sites excluding steroid dienone is 2. The normalized spacial score (nSPS) is 13.3. The zero-order valence-electron chi connectivity index (χ0n) is 35.7. The Kier molecular flexibility index (Phi) is 13.0. The van der Waals surface area contributed by atoms with Crippen molar-refractivity contribution in [3.8, 4) is 11.5 Å². The maximum atomic E-state index is 13.8. The number of hydrogen-bond acceptors (Lipinski definition) is 11. The monoisotopic (exact) mass is 847 g/mol. The van der Waals surface area contributed by atoms with Crippen molar-refractivity contribution in [3.63, 3.8) is 0 Å². The summed E-state index contributed by atoms with van der Waals surface area (Å²) in [6.45, 7) is 11.2. The number of aromatic nitrogens is 8. The van der Waals surface area contributed by atoms with E-state index in [4.69, 9.17) is 30.9 Å². The number of imidazole rings is 2. The number of benzene rings is 2. The van der Waals surface area contributed by atoms with Gasteiger partial charge in [-0.05, 0) is 109 Å². The van der Waals surface area contributed by atoms with Crippen molar-refractivity contribution in [2.75, 3.05) is 37.4 Å². The highest BCUT2D eigenvalue weighted by Crippen LogP contribution is 2.33. The van der Waals surface area contributed by atoms with Gasteiger partial charge in [-0.2, -0.15) is 10.2 Å². The lowest BCUT2D eigenvalue weighted by atomic mass is 9.93. The topological polar surface area (TPSA) is 246 Å². The molecular weight excluding hydrogens is 795 g/mol. The van der Waals surface area contributed by atoms with Crippen molar-refractivity contribution in [1.82, 2.24) is 44.0 Å². The number of primary amides is 2. The number of fused-ring (bicyclic) bond motifs is 2. The van der Waals surface area contributed by atoms with E-state index in [1.54, 1.807) is 48.8 Å². The molecule has 62 heavy (non-hydrogen) atoms. The van der Waals surface area contributed by atoms with Crippen molar-refractivity contribution in [1.29, 1.82) is 0 Å². The Morgan fingerprint density at radius 2 is 1.24 bits per heavy atom. The Morgan fingerprint density at radius 3 is 1.71 bits per heavy atom. The number of aryl methyl sites for hydroxylation is 4. The number of nitrogens with two attached hydrogens (primary N) is 2. The van der Waals surface area contributed by atoms with Gasteiger partial charge in [0.1, 0.15) is 33.9 Å². The van der Waals surface area contributed by atoms with Gasteiger partial charge >= 0.3 is 0 Å². The van der Waals surface area contributed by atoms with E-state index in [2.05, 4.69) is 26.1 Å². The number of carbonyl (C=O) groups is 4. The highest BCUT2D eigenvalue weighted by molar-refractivity contribution is 6.05. The number of anilines is 2. The number of piperidine rings is 1. The van der Waals surface area contributed by atoms with Gasteiger partial charge in [0.25, 0.3) is 11.8 Å². The van der Waals surface area contributed by atoms with Crippen molar-refractivity contribution < 1.29 is 28.7 Å². The average Bonchev–Trinajstić information content (AvgIpc) is 4.03. The molecule has 7 N–H and O–H groups in total. The lowest BCUT2D eigenvalue weighted by molar-refractivity contribution is 0.0991. The highest BCUT2D eigenvalue weighted by atomic mass is 16.5. The molecule has 1 saturated heterocycles. The predicted molar refractivity (Wildman–Crippen MR) is 234 cm³/mol. The number of ether oxygens (including phenoxy) is 2. The second-order valence-electron chi connectivity index (χ2n) is 15.2. The summed E-state index contributed by atoms with van der Waals surface area (Å²) in [5, 5.41) is 18.1. The van der Waals surface area contributed by atoms with E-state index >= 15 is 0 Å². The zero-order valence-corrected chi connectivity index (χ0v) is 35.7. The third-order valence-corrected chi connectivity index (χ3v) is 10.9. The first kappa shape index (κ1) is 43.1. The van der Waals surface area contributed by atoms with Crippen LogP contribution in [0.25, 0.3) is 22.1 Å². The van der Waals surface area contributed by atoms with Gasteiger partial charge in [0.2, 0.25) is 23.7 Å². The van der Waals surface area contributed by atoms with E-state index < -0.39 is 23.6 Å². The molecule has 4 amide bonds. The maximum Gasteiger partial charge on any atom is 0.276 e. The average molecular weight is 848 g/mol. The molecule has 1 aliphatic heterocycles. The molecule has 7 rings (SSSR count). The first-order valence-corrected chi connectivity index (χ1v) is 20.8. The van der Waals surface area contributed by atoms with Crippen molar-refractivity contribution in [2.45, 2.75) is 79.6 Å². The zero-order chi connectivity index (χ0) is 44.1. The third-order valence-electron chi connectivity index (χ3n) is 10.9. The fraction of sp³-hybridized carbons (Fsp3) is 0.395. The van der Waals surface area contributed by atoms with Gasteiger partial charge < -0.3 is 35.4 Å². The molecule has 19 nitrogen and oxygen atoms in total. The Labute approximate surface area is 357 Å². The van der Waals surface area contributed by atoms with Crippen LogP contribution >= 0.6 is 0 Å². The van der Waals surface area contributed by atoms with Gasteiger partial charge in [0.05, 0.1) is 36.1 Å². The van der Waals surface area contributed by atoms with Crippen molar-refractivity contribution >= 4 is 57.6 Å². The minimum absolute atomic E-state index is 0.180. The van der Waals surface area contributed by atoms with Crippen LogP contribution in [0.1, 0.15) is 92.6 Å². The Morgan fingerprint density at radius 1 is 0.758 bits per heavy atom. The number of nitrogens with one attached hydrogen (secondary N) is 3. The van der Waals surface area contributed by atoms with Crippen LogP contribution in [-0.4, -0.2) is 89.1 Å². The van der Waals surface area contributed by atoms with E-state index in [-0.39, 0.29) is 36.1 Å². The van der Waals surface area contributed by atoms with Gasteiger partial charge in [-0.15, -0.1) is 0 Å². The lowest BCUT2D eigenvalue weighted by Crippen LogP contribution is -2.27. The molecule has 0 radical (unpaired) electrons. The summed E-state index contributed by atoms with van der Waals surface area (Å²) in [7, 11) is 1.47. The van der Waals surface area contributed by atoms with Crippen LogP contribution in [0.3, 0.4) is 0 Å². The molecule has 0 saturated carbocycles. The molecule has 6 aromatic rings. The number of hydrogen-bond donors (Lipinski definition) is 5. The summed E-state index contributed by atoms with van der Waals surface area (Å²) >= 11 is 0. The van der Waals surface area contributed by atoms with Gasteiger partial charge in [-0.1, -0.05) is 12.2 Å². The Hall–Kier alpha value is -7.02. The fourth-order valence-electron chi connectivity index (χ4n) is 7.91. The standard InChI is InChI=1S/C43H53N13O6/c1-6-55-32(19-25(3)51-55)40(59)49-42-47-30-21-28(38(44)57)23-34(61-5)36(30)53(42)16-8-9-17-54-37-31(48-43(54)50-41(60)33-20-26(4)52-56(33)7-2)22-29(39(45)58)24-35(37)62-18-10-11-27-12-14-46-15-13-27/h8-9,19-24,27,46H,6-7,10-18H2,1-5H3,(H2,44,57)(H2,45,58)(H,47,49,59)(H,48,50,60)/b9-8+. The molecular formula is C43H53N13O6. The van der Waals surface area contributed by atoms with Crippen LogP contribution in [0.5, 0.6) is 11.5 Å². The van der Waals surface area contributed by atoms with E-state index in [1.807, 2.05) is 39.8 Å². The predicted octanol–water partition coefficient (Wildman–Crippen LogP) is 4.56. The van der Waals surface area contributed by atoms with E-state index in [0.29, 0.717) is 82.0 Å². The SMILES string of the molecule is CCn1nc(C)cc1C(=O)Nc1nc2cc(C(N)=O)cc(OC)c2n1C/C=C/Cn1c(NC(=O)c2cc(C)nn2CC)nc2cc(C(N)=O)cc(OCCCC3CCNCC3)c21. The fourth-order valence-corrected chi connectivity index (χ4v) is 7.91. The first-order chi connectivity index (χ1) is 29.9. The summed E-state index contributed by atoms with van der Waals surface area (Å²) < 4.78 is 18.9. The van der Waals surface area contributed by atoms with Crippen LogP contribution < -0.4 is 36.9 Å². The van der Waals surface area contributed by atoms with Gasteiger partial charge in [0, 0.05) is 37.3 Å². The summed E-state index contributed by atoms with van der Waals surface area (Å²) in [5.41, 5.74) is 15.8. The minimum atomic E-state index is -0.662. The molecule has 0 unspecified atom stereocenters. The summed E-state index contributed by atoms with van der Waals surface area (Å²) in [5.74, 6) is -0.398. The molecule has 5 heterocycles. The van der Waals surface area contributed by atoms with Gasteiger partial charge in [-0.25, -0.2) is 9.97 Å². The van der Waals surface area contributed by atoms with Crippen molar-refractivity contribution in [2.24, 2.45) is 17.4 Å². The lowest BCUT2D eigenvalue weighted by Gasteiger charge is -2.22. The van der Waals surface area contributed by atoms with Gasteiger partial charge in [0.15, 0.2) is 0 Å². The number of nitrogens with zero attached hydrogens (tertiary/aromatic N) is 8. The van der Waals surface area contributed by atoms with Crippen LogP contribution in [0, 0.1) is 19.8 Å².